The Kier molecular flexibility index (Phi) is 3.71. The number of aromatic amines is 1. The van der Waals surface area contributed by atoms with Crippen LogP contribution in [-0.2, 0) is 16.4 Å². The zero-order valence-corrected chi connectivity index (χ0v) is 11.1. The van der Waals surface area contributed by atoms with E-state index in [1.165, 1.54) is 6.07 Å². The van der Waals surface area contributed by atoms with E-state index >= 15 is 0 Å². The molecule has 0 saturated carbocycles. The maximum Gasteiger partial charge on any atom is 0.268 e. The fourth-order valence-corrected chi connectivity index (χ4v) is 2.68. The zero-order chi connectivity index (χ0) is 14.9. The average Bonchev–Trinajstić information content (AvgIpc) is 2.73. The van der Waals surface area contributed by atoms with Gasteiger partial charge in [-0.05, 0) is 6.42 Å². The summed E-state index contributed by atoms with van der Waals surface area (Å²) in [7, 11) is -4.54. The minimum absolute atomic E-state index is 0.107. The quantitative estimate of drug-likeness (QED) is 0.909. The van der Waals surface area contributed by atoms with E-state index < -0.39 is 32.4 Å². The second kappa shape index (κ2) is 5.16. The van der Waals surface area contributed by atoms with Gasteiger partial charge in [0.15, 0.2) is 10.7 Å². The van der Waals surface area contributed by atoms with Gasteiger partial charge in [0.1, 0.15) is 17.5 Å². The van der Waals surface area contributed by atoms with E-state index in [1.54, 1.807) is 0 Å². The number of H-pyrrole nitrogens is 1. The molecule has 0 aliphatic carbocycles. The standard InChI is InChI=1S/C11H10F3N3O2S/c1-2-7-5-10(16-15-7)17-20(18,19)11-8(13)3-6(12)4-9(11)14/h3-5H,2H2,1H3,(H2,15,16,17). The number of hydrogen-bond donors (Lipinski definition) is 2. The third kappa shape index (κ3) is 2.77. The van der Waals surface area contributed by atoms with Gasteiger partial charge in [-0.2, -0.15) is 5.10 Å². The Labute approximate surface area is 112 Å². The summed E-state index contributed by atoms with van der Waals surface area (Å²) in [5.41, 5.74) is 0.641. The summed E-state index contributed by atoms with van der Waals surface area (Å²) < 4.78 is 65.4. The van der Waals surface area contributed by atoms with Gasteiger partial charge < -0.3 is 0 Å². The van der Waals surface area contributed by atoms with Gasteiger partial charge in [-0.25, -0.2) is 21.6 Å². The molecule has 0 bridgehead atoms. The normalized spacial score (nSPS) is 11.6. The fraction of sp³-hybridized carbons (Fsp3) is 0.182. The lowest BCUT2D eigenvalue weighted by Crippen LogP contribution is -2.17. The van der Waals surface area contributed by atoms with E-state index in [-0.39, 0.29) is 5.82 Å². The van der Waals surface area contributed by atoms with Gasteiger partial charge in [0.05, 0.1) is 0 Å². The van der Waals surface area contributed by atoms with Gasteiger partial charge in [0.2, 0.25) is 0 Å². The van der Waals surface area contributed by atoms with Crippen molar-refractivity contribution in [1.82, 2.24) is 10.2 Å². The van der Waals surface area contributed by atoms with Crippen LogP contribution in [-0.4, -0.2) is 18.6 Å². The second-order valence-corrected chi connectivity index (χ2v) is 5.56. The summed E-state index contributed by atoms with van der Waals surface area (Å²) in [4.78, 5) is -1.25. The number of benzene rings is 1. The van der Waals surface area contributed by atoms with Crippen molar-refractivity contribution in [3.63, 3.8) is 0 Å². The van der Waals surface area contributed by atoms with E-state index in [1.807, 2.05) is 11.6 Å². The molecule has 0 saturated heterocycles. The molecule has 1 heterocycles. The number of rotatable bonds is 4. The van der Waals surface area contributed by atoms with Crippen molar-refractivity contribution in [3.8, 4) is 0 Å². The summed E-state index contributed by atoms with van der Waals surface area (Å²) in [6, 6.07) is 1.97. The van der Waals surface area contributed by atoms with Gasteiger partial charge in [0, 0.05) is 23.9 Å². The highest BCUT2D eigenvalue weighted by atomic mass is 32.2. The molecular formula is C11H10F3N3O2S. The molecule has 5 nitrogen and oxygen atoms in total. The maximum atomic E-state index is 13.5. The van der Waals surface area contributed by atoms with E-state index in [9.17, 15) is 21.6 Å². The molecular weight excluding hydrogens is 295 g/mol. The van der Waals surface area contributed by atoms with Crippen LogP contribution in [0.25, 0.3) is 0 Å². The number of aryl methyl sites for hydroxylation is 1. The van der Waals surface area contributed by atoms with Crippen molar-refractivity contribution in [1.29, 1.82) is 0 Å². The third-order valence-corrected chi connectivity index (χ3v) is 3.89. The minimum Gasteiger partial charge on any atom is -0.280 e. The molecule has 0 unspecified atom stereocenters. The predicted molar refractivity (Wildman–Crippen MR) is 65.1 cm³/mol. The first-order chi connectivity index (χ1) is 9.33. The minimum atomic E-state index is -4.54. The molecule has 1 aromatic heterocycles. The predicted octanol–water partition coefficient (Wildman–Crippen LogP) is 2.19. The lowest BCUT2D eigenvalue weighted by molar-refractivity contribution is 0.498. The van der Waals surface area contributed by atoms with Crippen LogP contribution in [0.15, 0.2) is 23.1 Å². The number of nitrogens with one attached hydrogen (secondary N) is 2. The zero-order valence-electron chi connectivity index (χ0n) is 10.2. The summed E-state index contributed by atoms with van der Waals surface area (Å²) in [6.07, 6.45) is 0.577. The van der Waals surface area contributed by atoms with Crippen molar-refractivity contribution in [2.75, 3.05) is 4.72 Å². The molecule has 0 atom stereocenters. The molecule has 0 radical (unpaired) electrons. The second-order valence-electron chi connectivity index (χ2n) is 3.94. The highest BCUT2D eigenvalue weighted by Crippen LogP contribution is 2.22. The molecule has 108 valence electrons. The van der Waals surface area contributed by atoms with Crippen LogP contribution in [0.2, 0.25) is 0 Å². The SMILES string of the molecule is CCc1cc(NS(=O)(=O)c2c(F)cc(F)cc2F)n[nH]1. The summed E-state index contributed by atoms with van der Waals surface area (Å²) >= 11 is 0. The average molecular weight is 305 g/mol. The Morgan fingerprint density at radius 3 is 2.30 bits per heavy atom. The van der Waals surface area contributed by atoms with Gasteiger partial charge >= 0.3 is 0 Å². The van der Waals surface area contributed by atoms with Crippen LogP contribution < -0.4 is 4.72 Å². The molecule has 2 aromatic rings. The lowest BCUT2D eigenvalue weighted by atomic mass is 10.3. The Morgan fingerprint density at radius 1 is 1.20 bits per heavy atom. The van der Waals surface area contributed by atoms with Crippen molar-refractivity contribution < 1.29 is 21.6 Å². The number of anilines is 1. The molecule has 20 heavy (non-hydrogen) atoms. The van der Waals surface area contributed by atoms with Gasteiger partial charge in [-0.1, -0.05) is 6.92 Å². The Bertz CT molecular complexity index is 720. The summed E-state index contributed by atoms with van der Waals surface area (Å²) in [5.74, 6) is -4.33. The molecule has 2 N–H and O–H groups in total. The topological polar surface area (TPSA) is 74.8 Å². The number of nitrogens with zero attached hydrogens (tertiary/aromatic N) is 1. The molecule has 0 aliphatic rings. The maximum absolute atomic E-state index is 13.5. The third-order valence-electron chi connectivity index (χ3n) is 2.48. The smallest absolute Gasteiger partial charge is 0.268 e. The van der Waals surface area contributed by atoms with Crippen molar-refractivity contribution in [2.45, 2.75) is 18.2 Å². The van der Waals surface area contributed by atoms with E-state index in [4.69, 9.17) is 0 Å². The molecule has 0 fully saturated rings. The van der Waals surface area contributed by atoms with Gasteiger partial charge in [-0.3, -0.25) is 9.82 Å². The van der Waals surface area contributed by atoms with Crippen molar-refractivity contribution >= 4 is 15.8 Å². The van der Waals surface area contributed by atoms with Crippen LogP contribution in [0.4, 0.5) is 19.0 Å². The molecule has 2 rings (SSSR count). The molecule has 0 aliphatic heterocycles. The van der Waals surface area contributed by atoms with Crippen LogP contribution in [0, 0.1) is 17.5 Å². The van der Waals surface area contributed by atoms with Gasteiger partial charge in [0.25, 0.3) is 10.0 Å². The van der Waals surface area contributed by atoms with Crippen LogP contribution in [0.5, 0.6) is 0 Å². The number of aromatic nitrogens is 2. The van der Waals surface area contributed by atoms with Crippen LogP contribution in [0.3, 0.4) is 0 Å². The highest BCUT2D eigenvalue weighted by Gasteiger charge is 2.26. The number of hydrogen-bond acceptors (Lipinski definition) is 3. The molecule has 0 spiro atoms. The highest BCUT2D eigenvalue weighted by molar-refractivity contribution is 7.92. The molecule has 9 heteroatoms. The molecule has 0 amide bonds. The number of halogens is 3. The van der Waals surface area contributed by atoms with Gasteiger partial charge in [-0.15, -0.1) is 0 Å². The first-order valence-electron chi connectivity index (χ1n) is 5.55. The van der Waals surface area contributed by atoms with Crippen LogP contribution >= 0.6 is 0 Å². The van der Waals surface area contributed by atoms with E-state index in [0.29, 0.717) is 24.2 Å². The van der Waals surface area contributed by atoms with Crippen molar-refractivity contribution in [2.24, 2.45) is 0 Å². The largest absolute Gasteiger partial charge is 0.280 e. The van der Waals surface area contributed by atoms with E-state index in [2.05, 4.69) is 10.2 Å². The number of sulfonamides is 1. The Balaban J connectivity index is 2.40. The summed E-state index contributed by atoms with van der Waals surface area (Å²) in [5, 5.41) is 6.18. The Hall–Kier alpha value is -2.03. The molecule has 1 aromatic carbocycles. The first-order valence-corrected chi connectivity index (χ1v) is 7.03. The lowest BCUT2D eigenvalue weighted by Gasteiger charge is -2.07. The Morgan fingerprint density at radius 2 is 1.80 bits per heavy atom. The van der Waals surface area contributed by atoms with Crippen LogP contribution in [0.1, 0.15) is 12.6 Å². The first kappa shape index (κ1) is 14.4. The monoisotopic (exact) mass is 305 g/mol. The summed E-state index contributed by atoms with van der Waals surface area (Å²) in [6.45, 7) is 1.81. The van der Waals surface area contributed by atoms with Crippen molar-refractivity contribution in [3.05, 3.63) is 41.3 Å². The van der Waals surface area contributed by atoms with E-state index in [0.717, 1.165) is 0 Å². The fourth-order valence-electron chi connectivity index (χ4n) is 1.57.